The first kappa shape index (κ1) is 26.5. The van der Waals surface area contributed by atoms with Crippen molar-refractivity contribution in [3.63, 3.8) is 0 Å². The van der Waals surface area contributed by atoms with Gasteiger partial charge in [-0.3, -0.25) is 9.59 Å². The normalized spacial score (nSPS) is 11.4. The average Bonchev–Trinajstić information content (AvgIpc) is 3.01. The van der Waals surface area contributed by atoms with Crippen LogP contribution in [-0.2, 0) is 21.2 Å². The standard InChI is InChI=1S/C25H34N2O5S/c1-9-11-21(28)32-25-23(18(7)26-27(25)14-10-2)24(29)19-12-13-20(33(8,30)31)22(17(19)6)16(5)15(3)4/h12-13H,9-11,14H2,1-8H3. The molecule has 0 spiro atoms. The number of nitrogens with zero attached hydrogens (tertiary/aromatic N) is 2. The van der Waals surface area contributed by atoms with Crippen molar-refractivity contribution in [2.75, 3.05) is 6.26 Å². The summed E-state index contributed by atoms with van der Waals surface area (Å²) >= 11 is 0. The van der Waals surface area contributed by atoms with Gasteiger partial charge in [0.25, 0.3) is 0 Å². The number of aromatic nitrogens is 2. The average molecular weight is 475 g/mol. The monoisotopic (exact) mass is 474 g/mol. The molecule has 8 heteroatoms. The Hall–Kier alpha value is -2.74. The Labute approximate surface area is 196 Å². The van der Waals surface area contributed by atoms with E-state index in [1.165, 1.54) is 12.1 Å². The van der Waals surface area contributed by atoms with Crippen molar-refractivity contribution >= 4 is 27.2 Å². The van der Waals surface area contributed by atoms with Crippen molar-refractivity contribution in [2.24, 2.45) is 0 Å². The van der Waals surface area contributed by atoms with Gasteiger partial charge in [-0.05, 0) is 76.3 Å². The highest BCUT2D eigenvalue weighted by Gasteiger charge is 2.29. The molecule has 0 radical (unpaired) electrons. The molecule has 7 nitrogen and oxygen atoms in total. The molecule has 2 rings (SSSR count). The Kier molecular flexibility index (Phi) is 8.41. The lowest BCUT2D eigenvalue weighted by Gasteiger charge is -2.17. The molecule has 0 N–H and O–H groups in total. The van der Waals surface area contributed by atoms with E-state index in [1.807, 2.05) is 34.6 Å². The highest BCUT2D eigenvalue weighted by Crippen LogP contribution is 2.34. The van der Waals surface area contributed by atoms with Crippen LogP contribution in [0.4, 0.5) is 0 Å². The Morgan fingerprint density at radius 3 is 2.18 bits per heavy atom. The predicted octanol–water partition coefficient (Wildman–Crippen LogP) is 5.06. The Bertz CT molecular complexity index is 1220. The second-order valence-electron chi connectivity index (χ2n) is 8.55. The lowest BCUT2D eigenvalue weighted by molar-refractivity contribution is -0.134. The van der Waals surface area contributed by atoms with Gasteiger partial charge < -0.3 is 4.74 Å². The van der Waals surface area contributed by atoms with Gasteiger partial charge in [-0.15, -0.1) is 0 Å². The van der Waals surface area contributed by atoms with Crippen LogP contribution in [0.5, 0.6) is 5.88 Å². The van der Waals surface area contributed by atoms with Gasteiger partial charge >= 0.3 is 5.97 Å². The molecule has 0 fully saturated rings. The quantitative estimate of drug-likeness (QED) is 0.372. The van der Waals surface area contributed by atoms with Crippen LogP contribution in [0.1, 0.15) is 86.6 Å². The molecule has 1 aromatic heterocycles. The van der Waals surface area contributed by atoms with Gasteiger partial charge in [-0.1, -0.05) is 19.4 Å². The first-order valence-corrected chi connectivity index (χ1v) is 13.0. The van der Waals surface area contributed by atoms with E-state index in [2.05, 4.69) is 5.10 Å². The lowest BCUT2D eigenvalue weighted by Crippen LogP contribution is -2.15. The Balaban J connectivity index is 2.78. The number of carbonyl (C=O) groups excluding carboxylic acids is 2. The molecule has 0 aliphatic carbocycles. The fourth-order valence-electron chi connectivity index (χ4n) is 3.74. The van der Waals surface area contributed by atoms with Gasteiger partial charge in [0.05, 0.1) is 10.6 Å². The van der Waals surface area contributed by atoms with Gasteiger partial charge in [0, 0.05) is 24.8 Å². The summed E-state index contributed by atoms with van der Waals surface area (Å²) in [5, 5.41) is 4.45. The van der Waals surface area contributed by atoms with Gasteiger partial charge in [0.15, 0.2) is 9.84 Å². The number of aryl methyl sites for hydroxylation is 2. The van der Waals surface area contributed by atoms with E-state index in [1.54, 1.807) is 18.5 Å². The molecule has 1 aromatic carbocycles. The zero-order valence-corrected chi connectivity index (χ0v) is 21.6. The number of ketones is 1. The fraction of sp³-hybridized carbons (Fsp3) is 0.480. The van der Waals surface area contributed by atoms with E-state index < -0.39 is 15.8 Å². The highest BCUT2D eigenvalue weighted by atomic mass is 32.2. The van der Waals surface area contributed by atoms with Crippen LogP contribution in [-0.4, -0.2) is 36.2 Å². The topological polar surface area (TPSA) is 95.3 Å². The third kappa shape index (κ3) is 5.61. The predicted molar refractivity (Wildman–Crippen MR) is 129 cm³/mol. The summed E-state index contributed by atoms with van der Waals surface area (Å²) < 4.78 is 32.1. The van der Waals surface area contributed by atoms with Gasteiger partial charge in [-0.2, -0.15) is 5.10 Å². The zero-order valence-electron chi connectivity index (χ0n) is 20.8. The van der Waals surface area contributed by atoms with E-state index >= 15 is 0 Å². The van der Waals surface area contributed by atoms with Crippen molar-refractivity contribution in [1.82, 2.24) is 9.78 Å². The van der Waals surface area contributed by atoms with E-state index in [0.29, 0.717) is 35.3 Å². The molecule has 33 heavy (non-hydrogen) atoms. The number of esters is 1. The van der Waals surface area contributed by atoms with E-state index in [0.717, 1.165) is 23.8 Å². The number of hydrogen-bond donors (Lipinski definition) is 0. The summed E-state index contributed by atoms with van der Waals surface area (Å²) in [5.74, 6) is -0.631. The lowest BCUT2D eigenvalue weighted by atomic mass is 9.91. The minimum absolute atomic E-state index is 0.143. The third-order valence-electron chi connectivity index (χ3n) is 5.60. The third-order valence-corrected chi connectivity index (χ3v) is 6.74. The van der Waals surface area contributed by atoms with Crippen LogP contribution >= 0.6 is 0 Å². The van der Waals surface area contributed by atoms with Crippen LogP contribution in [0.15, 0.2) is 22.6 Å². The molecule has 1 heterocycles. The summed E-state index contributed by atoms with van der Waals surface area (Å²) in [4.78, 5) is 26.2. The number of allylic oxidation sites excluding steroid dienone is 2. The molecular formula is C25H34N2O5S. The van der Waals surface area contributed by atoms with Crippen LogP contribution in [0.25, 0.3) is 5.57 Å². The molecule has 0 amide bonds. The largest absolute Gasteiger partial charge is 0.407 e. The first-order chi connectivity index (χ1) is 15.3. The first-order valence-electron chi connectivity index (χ1n) is 11.2. The molecule has 0 aliphatic rings. The van der Waals surface area contributed by atoms with Crippen molar-refractivity contribution in [1.29, 1.82) is 0 Å². The molecule has 0 saturated heterocycles. The summed E-state index contributed by atoms with van der Waals surface area (Å²) in [6.45, 7) is 13.5. The number of sulfone groups is 1. The van der Waals surface area contributed by atoms with Gasteiger partial charge in [0.1, 0.15) is 5.56 Å². The number of rotatable bonds is 9. The van der Waals surface area contributed by atoms with Crippen LogP contribution in [0.3, 0.4) is 0 Å². The second-order valence-corrected chi connectivity index (χ2v) is 10.5. The summed E-state index contributed by atoms with van der Waals surface area (Å²) in [6, 6.07) is 3.01. The maximum atomic E-state index is 13.8. The zero-order chi connectivity index (χ0) is 25.1. The molecule has 0 bridgehead atoms. The molecule has 0 unspecified atom stereocenters. The smallest absolute Gasteiger partial charge is 0.312 e. The number of ether oxygens (including phenoxy) is 1. The van der Waals surface area contributed by atoms with Gasteiger partial charge in [0.2, 0.25) is 11.7 Å². The fourth-order valence-corrected chi connectivity index (χ4v) is 4.74. The molecular weight excluding hydrogens is 440 g/mol. The van der Waals surface area contributed by atoms with Crippen molar-refractivity contribution in [2.45, 2.75) is 79.2 Å². The highest BCUT2D eigenvalue weighted by molar-refractivity contribution is 7.90. The minimum Gasteiger partial charge on any atom is -0.407 e. The molecule has 0 atom stereocenters. The summed E-state index contributed by atoms with van der Waals surface area (Å²) in [7, 11) is -3.51. The van der Waals surface area contributed by atoms with E-state index in [-0.39, 0.29) is 28.5 Å². The molecule has 180 valence electrons. The molecule has 2 aromatic rings. The van der Waals surface area contributed by atoms with E-state index in [4.69, 9.17) is 4.74 Å². The summed E-state index contributed by atoms with van der Waals surface area (Å²) in [6.07, 6.45) is 2.77. The number of benzene rings is 1. The van der Waals surface area contributed by atoms with Crippen LogP contribution < -0.4 is 4.74 Å². The van der Waals surface area contributed by atoms with Crippen molar-refractivity contribution in [3.05, 3.63) is 45.7 Å². The minimum atomic E-state index is -3.51. The number of hydrogen-bond acceptors (Lipinski definition) is 6. The van der Waals surface area contributed by atoms with Crippen molar-refractivity contribution < 1.29 is 22.7 Å². The number of carbonyl (C=O) groups is 2. The SMILES string of the molecule is CCCC(=O)Oc1c(C(=O)c2ccc(S(C)(=O)=O)c(C(C)=C(C)C)c2C)c(C)nn1CCC. The Morgan fingerprint density at radius 2 is 1.67 bits per heavy atom. The van der Waals surface area contributed by atoms with Gasteiger partial charge in [-0.25, -0.2) is 13.1 Å². The Morgan fingerprint density at radius 1 is 1.03 bits per heavy atom. The maximum Gasteiger partial charge on any atom is 0.312 e. The maximum absolute atomic E-state index is 13.8. The van der Waals surface area contributed by atoms with Crippen molar-refractivity contribution in [3.8, 4) is 5.88 Å². The van der Waals surface area contributed by atoms with Crippen LogP contribution in [0.2, 0.25) is 0 Å². The van der Waals surface area contributed by atoms with E-state index in [9.17, 15) is 18.0 Å². The summed E-state index contributed by atoms with van der Waals surface area (Å²) in [5.41, 5.74) is 3.89. The van der Waals surface area contributed by atoms with Crippen LogP contribution in [0, 0.1) is 13.8 Å². The molecule has 0 saturated carbocycles. The molecule has 0 aliphatic heterocycles. The second kappa shape index (κ2) is 10.5.